The quantitative estimate of drug-likeness (QED) is 0.698. The molecule has 1 nitrogen and oxygen atoms in total. The van der Waals surface area contributed by atoms with E-state index in [1.165, 1.54) is 31.2 Å². The molecule has 0 bridgehead atoms. The van der Waals surface area contributed by atoms with Crippen LogP contribution in [-0.2, 0) is 6.54 Å². The highest BCUT2D eigenvalue weighted by molar-refractivity contribution is 5.28. The van der Waals surface area contributed by atoms with Crippen molar-refractivity contribution in [3.8, 4) is 0 Å². The lowest BCUT2D eigenvalue weighted by Crippen LogP contribution is -2.14. The number of benzene rings is 1. The molecule has 1 heteroatoms. The van der Waals surface area contributed by atoms with Gasteiger partial charge in [0.15, 0.2) is 0 Å². The van der Waals surface area contributed by atoms with Crippen LogP contribution in [0.4, 0.5) is 0 Å². The molecule has 0 atom stereocenters. The molecule has 0 aromatic heterocycles. The lowest BCUT2D eigenvalue weighted by Gasteiger charge is -2.06. The van der Waals surface area contributed by atoms with Crippen LogP contribution in [0.2, 0.25) is 0 Å². The molecule has 1 fully saturated rings. The Balaban J connectivity index is 1.82. The minimum absolute atomic E-state index is 0.876. The molecule has 1 N–H and O–H groups in total. The maximum Gasteiger partial charge on any atom is 0.0205 e. The van der Waals surface area contributed by atoms with Gasteiger partial charge in [-0.3, -0.25) is 0 Å². The third-order valence-electron chi connectivity index (χ3n) is 3.04. The van der Waals surface area contributed by atoms with Crippen molar-refractivity contribution in [1.29, 1.82) is 0 Å². The normalized spacial score (nSPS) is 15.5. The highest BCUT2D eigenvalue weighted by Gasteiger charge is 2.23. The van der Waals surface area contributed by atoms with Crippen LogP contribution in [0.3, 0.4) is 0 Å². The second-order valence-electron chi connectivity index (χ2n) is 4.55. The fourth-order valence-electron chi connectivity index (χ4n) is 1.91. The largest absolute Gasteiger partial charge is 0.313 e. The fraction of sp³-hybridized carbons (Fsp3) is 0.571. The van der Waals surface area contributed by atoms with Gasteiger partial charge < -0.3 is 5.32 Å². The second-order valence-corrected chi connectivity index (χ2v) is 4.55. The van der Waals surface area contributed by atoms with E-state index >= 15 is 0 Å². The standard InChI is InChI=1S/C14H21N/c1-2-3-9-15-11-12-5-4-6-14(10-12)13-7-8-13/h4-6,10,13,15H,2-3,7-9,11H2,1H3. The van der Waals surface area contributed by atoms with Gasteiger partial charge in [0.25, 0.3) is 0 Å². The van der Waals surface area contributed by atoms with E-state index in [2.05, 4.69) is 36.5 Å². The molecule has 2 rings (SSSR count). The average Bonchev–Trinajstić information content (AvgIpc) is 3.09. The highest BCUT2D eigenvalue weighted by atomic mass is 14.8. The maximum atomic E-state index is 3.49. The van der Waals surface area contributed by atoms with Crippen molar-refractivity contribution in [2.75, 3.05) is 6.54 Å². The molecule has 1 aliphatic rings. The second kappa shape index (κ2) is 5.32. The van der Waals surface area contributed by atoms with Crippen molar-refractivity contribution < 1.29 is 0 Å². The summed E-state index contributed by atoms with van der Waals surface area (Å²) in [4.78, 5) is 0. The first-order valence-electron chi connectivity index (χ1n) is 6.19. The SMILES string of the molecule is CCCCNCc1cccc(C2CC2)c1. The van der Waals surface area contributed by atoms with E-state index in [1.54, 1.807) is 5.56 Å². The molecule has 1 aromatic carbocycles. The molecule has 0 aliphatic heterocycles. The van der Waals surface area contributed by atoms with E-state index in [0.717, 1.165) is 19.0 Å². The third-order valence-corrected chi connectivity index (χ3v) is 3.04. The first-order valence-corrected chi connectivity index (χ1v) is 6.19. The van der Waals surface area contributed by atoms with Crippen molar-refractivity contribution >= 4 is 0 Å². The Morgan fingerprint density at radius 2 is 2.20 bits per heavy atom. The van der Waals surface area contributed by atoms with Gasteiger partial charge in [-0.15, -0.1) is 0 Å². The molecule has 0 radical (unpaired) electrons. The van der Waals surface area contributed by atoms with Crippen LogP contribution in [0, 0.1) is 0 Å². The van der Waals surface area contributed by atoms with Gasteiger partial charge in [-0.2, -0.15) is 0 Å². The van der Waals surface area contributed by atoms with E-state index in [4.69, 9.17) is 0 Å². The molecule has 0 amide bonds. The molecule has 1 aromatic rings. The Kier molecular flexibility index (Phi) is 3.79. The Morgan fingerprint density at radius 3 is 2.93 bits per heavy atom. The van der Waals surface area contributed by atoms with Crippen LogP contribution in [0.15, 0.2) is 24.3 Å². The van der Waals surface area contributed by atoms with Crippen molar-refractivity contribution in [3.05, 3.63) is 35.4 Å². The minimum Gasteiger partial charge on any atom is -0.313 e. The van der Waals surface area contributed by atoms with Crippen LogP contribution in [0.5, 0.6) is 0 Å². The Hall–Kier alpha value is -0.820. The van der Waals surface area contributed by atoms with Crippen molar-refractivity contribution in [2.45, 2.75) is 45.1 Å². The Bertz CT molecular complexity index is 302. The van der Waals surface area contributed by atoms with Crippen LogP contribution in [0.1, 0.15) is 49.7 Å². The van der Waals surface area contributed by atoms with Gasteiger partial charge in [0.2, 0.25) is 0 Å². The number of nitrogens with one attached hydrogen (secondary N) is 1. The molecule has 82 valence electrons. The summed E-state index contributed by atoms with van der Waals surface area (Å²) in [6, 6.07) is 9.07. The minimum atomic E-state index is 0.876. The molecule has 0 saturated heterocycles. The monoisotopic (exact) mass is 203 g/mol. The van der Waals surface area contributed by atoms with Crippen LogP contribution in [-0.4, -0.2) is 6.54 Å². The number of rotatable bonds is 6. The number of unbranched alkanes of at least 4 members (excludes halogenated alkanes) is 1. The zero-order valence-electron chi connectivity index (χ0n) is 9.63. The molecular formula is C14H21N. The van der Waals surface area contributed by atoms with E-state index in [-0.39, 0.29) is 0 Å². The predicted octanol–water partition coefficient (Wildman–Crippen LogP) is 3.45. The van der Waals surface area contributed by atoms with Crippen LogP contribution >= 0.6 is 0 Å². The molecule has 0 spiro atoms. The zero-order valence-corrected chi connectivity index (χ0v) is 9.63. The third kappa shape index (κ3) is 3.35. The molecule has 1 saturated carbocycles. The fourth-order valence-corrected chi connectivity index (χ4v) is 1.91. The number of hydrogen-bond acceptors (Lipinski definition) is 1. The summed E-state index contributed by atoms with van der Waals surface area (Å²) in [6.07, 6.45) is 5.34. The Morgan fingerprint density at radius 1 is 1.33 bits per heavy atom. The van der Waals surface area contributed by atoms with E-state index in [1.807, 2.05) is 0 Å². The van der Waals surface area contributed by atoms with Crippen LogP contribution < -0.4 is 5.32 Å². The molecule has 0 heterocycles. The Labute approximate surface area is 92.9 Å². The molecular weight excluding hydrogens is 182 g/mol. The van der Waals surface area contributed by atoms with Gasteiger partial charge in [-0.25, -0.2) is 0 Å². The van der Waals surface area contributed by atoms with Gasteiger partial charge >= 0.3 is 0 Å². The topological polar surface area (TPSA) is 12.0 Å². The predicted molar refractivity (Wildman–Crippen MR) is 65.0 cm³/mol. The summed E-state index contributed by atoms with van der Waals surface area (Å²) >= 11 is 0. The molecule has 15 heavy (non-hydrogen) atoms. The van der Waals surface area contributed by atoms with E-state index in [9.17, 15) is 0 Å². The summed E-state index contributed by atoms with van der Waals surface area (Å²) in [7, 11) is 0. The molecule has 0 unspecified atom stereocenters. The summed E-state index contributed by atoms with van der Waals surface area (Å²) < 4.78 is 0. The van der Waals surface area contributed by atoms with Gasteiger partial charge in [-0.05, 0) is 42.9 Å². The van der Waals surface area contributed by atoms with E-state index in [0.29, 0.717) is 0 Å². The van der Waals surface area contributed by atoms with Crippen molar-refractivity contribution in [3.63, 3.8) is 0 Å². The zero-order chi connectivity index (χ0) is 10.5. The summed E-state index contributed by atoms with van der Waals surface area (Å²) in [5.41, 5.74) is 2.99. The number of hydrogen-bond donors (Lipinski definition) is 1. The van der Waals surface area contributed by atoms with Crippen molar-refractivity contribution in [2.24, 2.45) is 0 Å². The van der Waals surface area contributed by atoms with Crippen LogP contribution in [0.25, 0.3) is 0 Å². The maximum absolute atomic E-state index is 3.49. The van der Waals surface area contributed by atoms with Crippen molar-refractivity contribution in [1.82, 2.24) is 5.32 Å². The first-order chi connectivity index (χ1) is 7.40. The molecule has 1 aliphatic carbocycles. The lowest BCUT2D eigenvalue weighted by molar-refractivity contribution is 0.641. The van der Waals surface area contributed by atoms with Gasteiger partial charge in [0, 0.05) is 6.54 Å². The summed E-state index contributed by atoms with van der Waals surface area (Å²) in [5.74, 6) is 0.876. The van der Waals surface area contributed by atoms with E-state index < -0.39 is 0 Å². The van der Waals surface area contributed by atoms with Gasteiger partial charge in [-0.1, -0.05) is 37.6 Å². The van der Waals surface area contributed by atoms with Gasteiger partial charge in [0.05, 0.1) is 0 Å². The lowest BCUT2D eigenvalue weighted by atomic mass is 10.1. The van der Waals surface area contributed by atoms with Gasteiger partial charge in [0.1, 0.15) is 0 Å². The smallest absolute Gasteiger partial charge is 0.0205 e. The summed E-state index contributed by atoms with van der Waals surface area (Å²) in [6.45, 7) is 4.40. The summed E-state index contributed by atoms with van der Waals surface area (Å²) in [5, 5.41) is 3.49. The average molecular weight is 203 g/mol. The highest BCUT2D eigenvalue weighted by Crippen LogP contribution is 2.40. The first kappa shape index (κ1) is 10.7.